The largest absolute Gasteiger partial charge is 0.511 e. The molecule has 2 heterocycles. The highest BCUT2D eigenvalue weighted by molar-refractivity contribution is 7.90. The van der Waals surface area contributed by atoms with Crippen molar-refractivity contribution in [2.75, 3.05) is 11.6 Å². The second-order valence-corrected chi connectivity index (χ2v) is 14.0. The summed E-state index contributed by atoms with van der Waals surface area (Å²) >= 11 is 0. The van der Waals surface area contributed by atoms with E-state index in [0.29, 0.717) is 5.56 Å². The van der Waals surface area contributed by atoms with Crippen LogP contribution < -0.4 is 10.0 Å². The number of benzene rings is 2. The average molecular weight is 581 g/mol. The summed E-state index contributed by atoms with van der Waals surface area (Å²) in [6, 6.07) is 9.99. The molecule has 10 nitrogen and oxygen atoms in total. The smallest absolute Gasteiger partial charge is 0.286 e. The molecule has 0 saturated heterocycles. The van der Waals surface area contributed by atoms with Crippen LogP contribution in [0.2, 0.25) is 0 Å². The Morgan fingerprint density at radius 2 is 1.85 bits per heavy atom. The predicted octanol–water partition coefficient (Wildman–Crippen LogP) is 3.39. The molecule has 2 aliphatic carbocycles. The van der Waals surface area contributed by atoms with Gasteiger partial charge in [-0.25, -0.2) is 17.5 Å². The molecule has 4 aliphatic rings. The van der Waals surface area contributed by atoms with Gasteiger partial charge in [-0.05, 0) is 66.5 Å². The fraction of sp³-hybridized carbons (Fsp3) is 0.385. The van der Waals surface area contributed by atoms with E-state index in [2.05, 4.69) is 14.4 Å². The molecular weight excluding hydrogens is 547 g/mol. The molecule has 3 N–H and O–H groups in total. The van der Waals surface area contributed by atoms with Crippen molar-refractivity contribution in [1.82, 2.24) is 9.62 Å². The van der Waals surface area contributed by atoms with Crippen LogP contribution in [0.5, 0.6) is 0 Å². The molecule has 4 atom stereocenters. The van der Waals surface area contributed by atoms with E-state index in [1.807, 2.05) is 0 Å². The minimum absolute atomic E-state index is 0. The molecule has 2 saturated carbocycles. The third-order valence-electron chi connectivity index (χ3n) is 8.11. The van der Waals surface area contributed by atoms with Crippen LogP contribution in [0.3, 0.4) is 0 Å². The second-order valence-electron chi connectivity index (χ2n) is 10.6. The number of nitrogens with one attached hydrogen (secondary N) is 2. The zero-order valence-corrected chi connectivity index (χ0v) is 22.6. The van der Waals surface area contributed by atoms with Crippen LogP contribution >= 0.6 is 0 Å². The van der Waals surface area contributed by atoms with Gasteiger partial charge in [-0.2, -0.15) is 8.42 Å². The molecule has 39 heavy (non-hydrogen) atoms. The van der Waals surface area contributed by atoms with E-state index in [1.54, 1.807) is 23.1 Å². The number of halogens is 1. The molecule has 2 unspecified atom stereocenters. The van der Waals surface area contributed by atoms with Gasteiger partial charge >= 0.3 is 0 Å². The van der Waals surface area contributed by atoms with Gasteiger partial charge in [0.05, 0.1) is 11.9 Å². The molecule has 2 fully saturated rings. The topological polar surface area (TPSA) is 145 Å². The highest BCUT2D eigenvalue weighted by Crippen LogP contribution is 2.55. The lowest BCUT2D eigenvalue weighted by molar-refractivity contribution is -0.134. The van der Waals surface area contributed by atoms with Crippen LogP contribution in [-0.4, -0.2) is 50.9 Å². The Labute approximate surface area is 230 Å². The number of carbonyl (C=O) groups is 1. The molecule has 6 rings (SSSR count). The van der Waals surface area contributed by atoms with Crippen molar-refractivity contribution in [3.8, 4) is 0 Å². The van der Waals surface area contributed by atoms with Gasteiger partial charge in [0, 0.05) is 29.3 Å². The van der Waals surface area contributed by atoms with Gasteiger partial charge in [0.2, 0.25) is 10.0 Å². The van der Waals surface area contributed by atoms with E-state index < -0.39 is 26.0 Å². The van der Waals surface area contributed by atoms with Crippen LogP contribution in [0.15, 0.2) is 63.1 Å². The number of hydrogen-bond acceptors (Lipinski definition) is 7. The average Bonchev–Trinajstić information content (AvgIpc) is 3.48. The fourth-order valence-electron chi connectivity index (χ4n) is 6.47. The van der Waals surface area contributed by atoms with Gasteiger partial charge in [0.15, 0.2) is 5.84 Å². The first kappa shape index (κ1) is 26.0. The van der Waals surface area contributed by atoms with Gasteiger partial charge in [-0.3, -0.25) is 4.79 Å². The number of rotatable bonds is 6. The van der Waals surface area contributed by atoms with Crippen molar-refractivity contribution in [3.05, 3.63) is 70.7 Å². The van der Waals surface area contributed by atoms with E-state index in [4.69, 9.17) is 0 Å². The maximum absolute atomic E-state index is 13.9. The van der Waals surface area contributed by atoms with E-state index in [1.165, 1.54) is 24.3 Å². The normalized spacial score (nSPS) is 27.2. The first-order valence-electron chi connectivity index (χ1n) is 12.6. The van der Waals surface area contributed by atoms with E-state index >= 15 is 0 Å². The summed E-state index contributed by atoms with van der Waals surface area (Å²) in [4.78, 5) is 15.4. The van der Waals surface area contributed by atoms with E-state index in [9.17, 15) is 31.1 Å². The van der Waals surface area contributed by atoms with Gasteiger partial charge in [-0.1, -0.05) is 18.2 Å². The quantitative estimate of drug-likeness (QED) is 0.475. The summed E-state index contributed by atoms with van der Waals surface area (Å²) < 4.78 is 69.0. The van der Waals surface area contributed by atoms with E-state index in [-0.39, 0.29) is 74.7 Å². The summed E-state index contributed by atoms with van der Waals surface area (Å²) in [7, 11) is -7.77. The molecule has 212 valence electrons. The standard InChI is InChI=1S/C26H27FN4O6S2.3H2/c1-38(34,35)28-12-15-4-9-19-20(10-15)39(36,37)30-25(29-19)22-24(32)21-16-5-6-17(11-16)23(21)31(26(22)33)13-14-2-7-18(27)8-3-14;;;/h2-4,7-10,16-17,21,23,28,32H,5-6,11-13H2,1H3,(H,29,30);3*1H/t16-,17+,21?,23?;;;/m0.../s1. The van der Waals surface area contributed by atoms with Crippen molar-refractivity contribution < 1.29 is 35.4 Å². The molecule has 2 bridgehead atoms. The number of carbonyl (C=O) groups excluding carboxylic acids is 1. The Morgan fingerprint density at radius 1 is 1.15 bits per heavy atom. The number of aliphatic hydroxyl groups is 1. The number of nitrogens with zero attached hydrogens (tertiary/aromatic N) is 2. The van der Waals surface area contributed by atoms with Crippen molar-refractivity contribution >= 4 is 37.5 Å². The molecule has 0 aromatic heterocycles. The minimum atomic E-state index is -4.29. The Hall–Kier alpha value is -3.29. The number of sulfonamides is 2. The summed E-state index contributed by atoms with van der Waals surface area (Å²) in [5, 5.41) is 14.3. The van der Waals surface area contributed by atoms with E-state index in [0.717, 1.165) is 31.1 Å². The van der Waals surface area contributed by atoms with Crippen LogP contribution in [-0.2, 0) is 37.9 Å². The summed E-state index contributed by atoms with van der Waals surface area (Å²) in [6.07, 6.45) is 3.72. The van der Waals surface area contributed by atoms with Crippen molar-refractivity contribution in [2.45, 2.75) is 43.3 Å². The fourth-order valence-corrected chi connectivity index (χ4v) is 8.07. The second kappa shape index (κ2) is 9.14. The van der Waals surface area contributed by atoms with Crippen LogP contribution in [0, 0.1) is 23.6 Å². The molecule has 2 aromatic carbocycles. The molecule has 2 aromatic rings. The Bertz CT molecular complexity index is 1670. The van der Waals surface area contributed by atoms with Gasteiger partial charge in [0.25, 0.3) is 15.9 Å². The Kier molecular flexibility index (Phi) is 6.08. The van der Waals surface area contributed by atoms with Crippen molar-refractivity contribution in [1.29, 1.82) is 0 Å². The van der Waals surface area contributed by atoms with Crippen molar-refractivity contribution in [2.24, 2.45) is 22.2 Å². The maximum Gasteiger partial charge on any atom is 0.286 e. The third kappa shape index (κ3) is 4.61. The maximum atomic E-state index is 13.9. The monoisotopic (exact) mass is 580 g/mol. The zero-order chi connectivity index (χ0) is 27.7. The molecule has 2 aliphatic heterocycles. The summed E-state index contributed by atoms with van der Waals surface area (Å²) in [5.41, 5.74) is 1.12. The Morgan fingerprint density at radius 3 is 2.56 bits per heavy atom. The van der Waals surface area contributed by atoms with Gasteiger partial charge in [0.1, 0.15) is 22.0 Å². The first-order chi connectivity index (χ1) is 18.4. The van der Waals surface area contributed by atoms with Gasteiger partial charge in [-0.15, -0.1) is 4.40 Å². The number of fused-ring (bicyclic) bond motifs is 6. The lowest BCUT2D eigenvalue weighted by atomic mass is 9.77. The summed E-state index contributed by atoms with van der Waals surface area (Å²) in [6.45, 7) is 0.0835. The zero-order valence-electron chi connectivity index (χ0n) is 21.0. The third-order valence-corrected chi connectivity index (χ3v) is 10.1. The highest BCUT2D eigenvalue weighted by atomic mass is 32.2. The molecular formula is C26H33FN4O6S2. The van der Waals surface area contributed by atoms with Crippen LogP contribution in [0.1, 0.15) is 34.7 Å². The number of amides is 1. The van der Waals surface area contributed by atoms with Gasteiger partial charge < -0.3 is 15.3 Å². The van der Waals surface area contributed by atoms with Crippen LogP contribution in [0.4, 0.5) is 10.1 Å². The van der Waals surface area contributed by atoms with Crippen LogP contribution in [0.25, 0.3) is 0 Å². The lowest BCUT2D eigenvalue weighted by Crippen LogP contribution is -2.53. The SMILES string of the molecule is CS(=O)(=O)NCc1ccc2c(c1)S(=O)(=O)N=C(C1=C(O)C3C([C@@H]4CC[C@H]3C4)N(Cc3ccc(F)cc3)C1=O)N2.[HH].[HH].[HH]. The number of aliphatic hydroxyl groups excluding tert-OH is 1. The number of hydrogen-bond donors (Lipinski definition) is 3. The Balaban J connectivity index is 0.00000161. The lowest BCUT2D eigenvalue weighted by Gasteiger charge is -2.44. The predicted molar refractivity (Wildman–Crippen MR) is 147 cm³/mol. The number of anilines is 1. The highest BCUT2D eigenvalue weighted by Gasteiger charge is 2.57. The minimum Gasteiger partial charge on any atom is -0.511 e. The first-order valence-corrected chi connectivity index (χ1v) is 15.9. The molecule has 1 amide bonds. The van der Waals surface area contributed by atoms with Crippen molar-refractivity contribution in [3.63, 3.8) is 0 Å². The molecule has 0 spiro atoms. The number of amidine groups is 1. The summed E-state index contributed by atoms with van der Waals surface area (Å²) in [5.74, 6) is -1.28. The molecule has 0 radical (unpaired) electrons. The molecule has 13 heteroatoms.